The van der Waals surface area contributed by atoms with Gasteiger partial charge in [0.1, 0.15) is 0 Å². The van der Waals surface area contributed by atoms with Crippen molar-refractivity contribution in [3.8, 4) is 5.75 Å². The number of carbonyl (C=O) groups excluding carboxylic acids is 1. The largest absolute Gasteiger partial charge is 0.478 e. The molecule has 3 nitrogen and oxygen atoms in total. The summed E-state index contributed by atoms with van der Waals surface area (Å²) in [6, 6.07) is 13.9. The van der Waals surface area contributed by atoms with Crippen molar-refractivity contribution >= 4 is 11.6 Å². The predicted molar refractivity (Wildman–Crippen MR) is 76.3 cm³/mol. The quantitative estimate of drug-likeness (QED) is 0.925. The molecule has 0 spiro atoms. The van der Waals surface area contributed by atoms with Gasteiger partial charge in [-0.1, -0.05) is 30.3 Å². The summed E-state index contributed by atoms with van der Waals surface area (Å²) in [5.41, 5.74) is 1.16. The first kappa shape index (κ1) is 14.1. The Labute approximate surface area is 117 Å². The van der Waals surface area contributed by atoms with Crippen LogP contribution in [0.1, 0.15) is 12.5 Å². The van der Waals surface area contributed by atoms with E-state index >= 15 is 0 Å². The van der Waals surface area contributed by atoms with Crippen LogP contribution in [-0.4, -0.2) is 12.0 Å². The van der Waals surface area contributed by atoms with E-state index in [1.807, 2.05) is 18.2 Å². The van der Waals surface area contributed by atoms with Gasteiger partial charge in [-0.25, -0.2) is 4.39 Å². The summed E-state index contributed by atoms with van der Waals surface area (Å²) < 4.78 is 19.2. The lowest BCUT2D eigenvalue weighted by Crippen LogP contribution is -2.30. The summed E-state index contributed by atoms with van der Waals surface area (Å²) in [6.07, 6.45) is -0.786. The van der Waals surface area contributed by atoms with Crippen LogP contribution in [0.4, 0.5) is 10.1 Å². The molecule has 1 unspecified atom stereocenters. The molecule has 4 heteroatoms. The average molecular weight is 273 g/mol. The van der Waals surface area contributed by atoms with Gasteiger partial charge in [0.2, 0.25) is 0 Å². The lowest BCUT2D eigenvalue weighted by molar-refractivity contribution is -0.122. The minimum absolute atomic E-state index is 0.0840. The maximum absolute atomic E-state index is 13.8. The van der Waals surface area contributed by atoms with Crippen molar-refractivity contribution in [3.05, 3.63) is 59.9 Å². The monoisotopic (exact) mass is 273 g/mol. The van der Waals surface area contributed by atoms with Crippen molar-refractivity contribution < 1.29 is 13.9 Å². The molecule has 0 saturated carbocycles. The van der Waals surface area contributed by atoms with E-state index in [4.69, 9.17) is 4.74 Å². The molecule has 0 aliphatic heterocycles. The molecule has 20 heavy (non-hydrogen) atoms. The number of amides is 1. The molecule has 1 amide bonds. The predicted octanol–water partition coefficient (Wildman–Crippen LogP) is 3.54. The first-order valence-corrected chi connectivity index (χ1v) is 6.35. The molecule has 2 aromatic rings. The zero-order valence-corrected chi connectivity index (χ0v) is 11.4. The van der Waals surface area contributed by atoms with E-state index < -0.39 is 11.9 Å². The normalized spacial score (nSPS) is 11.8. The molecular formula is C16H16FNO2. The molecule has 0 saturated heterocycles. The van der Waals surface area contributed by atoms with Gasteiger partial charge in [0.25, 0.3) is 5.91 Å². The van der Waals surface area contributed by atoms with Crippen LogP contribution in [0.2, 0.25) is 0 Å². The molecule has 2 rings (SSSR count). The number of nitrogens with one attached hydrogen (secondary N) is 1. The summed E-state index contributed by atoms with van der Waals surface area (Å²) in [5, 5.41) is 2.71. The standard InChI is InChI=1S/C16H16FNO2/c1-11-7-6-10-14(15(11)17)20-12(2)16(19)18-13-8-4-3-5-9-13/h3-10,12H,1-2H3,(H,18,19). The molecule has 0 heterocycles. The van der Waals surface area contributed by atoms with Crippen molar-refractivity contribution in [1.82, 2.24) is 0 Å². The Hall–Kier alpha value is -2.36. The summed E-state index contributed by atoms with van der Waals surface area (Å²) in [7, 11) is 0. The Balaban J connectivity index is 2.03. The Kier molecular flexibility index (Phi) is 4.35. The van der Waals surface area contributed by atoms with Gasteiger partial charge < -0.3 is 10.1 Å². The van der Waals surface area contributed by atoms with E-state index in [2.05, 4.69) is 5.32 Å². The molecular weight excluding hydrogens is 257 g/mol. The molecule has 0 aromatic heterocycles. The fraction of sp³-hybridized carbons (Fsp3) is 0.188. The minimum atomic E-state index is -0.786. The number of hydrogen-bond donors (Lipinski definition) is 1. The third kappa shape index (κ3) is 3.35. The zero-order valence-electron chi connectivity index (χ0n) is 11.4. The number of benzene rings is 2. The number of aryl methyl sites for hydroxylation is 1. The molecule has 2 aromatic carbocycles. The van der Waals surface area contributed by atoms with Gasteiger partial charge in [0, 0.05) is 5.69 Å². The average Bonchev–Trinajstić information content (AvgIpc) is 2.45. The molecule has 0 aliphatic carbocycles. The van der Waals surface area contributed by atoms with Crippen LogP contribution in [0.3, 0.4) is 0 Å². The van der Waals surface area contributed by atoms with Gasteiger partial charge in [-0.05, 0) is 37.6 Å². The van der Waals surface area contributed by atoms with Crippen LogP contribution in [0.15, 0.2) is 48.5 Å². The molecule has 104 valence electrons. The van der Waals surface area contributed by atoms with Crippen molar-refractivity contribution in [2.75, 3.05) is 5.32 Å². The van der Waals surface area contributed by atoms with Crippen LogP contribution in [0, 0.1) is 12.7 Å². The van der Waals surface area contributed by atoms with E-state index in [1.54, 1.807) is 38.1 Å². The number of anilines is 1. The summed E-state index contributed by atoms with van der Waals surface area (Å²) >= 11 is 0. The fourth-order valence-electron chi connectivity index (χ4n) is 1.72. The van der Waals surface area contributed by atoms with E-state index in [9.17, 15) is 9.18 Å². The first-order chi connectivity index (χ1) is 9.58. The molecule has 0 fully saturated rings. The van der Waals surface area contributed by atoms with Crippen molar-refractivity contribution in [2.45, 2.75) is 20.0 Å². The molecule has 1 N–H and O–H groups in total. The minimum Gasteiger partial charge on any atom is -0.478 e. The maximum Gasteiger partial charge on any atom is 0.265 e. The lowest BCUT2D eigenvalue weighted by atomic mass is 10.2. The highest BCUT2D eigenvalue weighted by atomic mass is 19.1. The van der Waals surface area contributed by atoms with Gasteiger partial charge in [0.05, 0.1) is 0 Å². The number of rotatable bonds is 4. The Morgan fingerprint density at radius 1 is 1.15 bits per heavy atom. The number of hydrogen-bond acceptors (Lipinski definition) is 2. The van der Waals surface area contributed by atoms with Gasteiger partial charge in [0.15, 0.2) is 17.7 Å². The Bertz CT molecular complexity index is 599. The summed E-state index contributed by atoms with van der Waals surface area (Å²) in [4.78, 5) is 12.0. The lowest BCUT2D eigenvalue weighted by Gasteiger charge is -2.15. The maximum atomic E-state index is 13.8. The Morgan fingerprint density at radius 3 is 2.55 bits per heavy atom. The molecule has 1 atom stereocenters. The highest BCUT2D eigenvalue weighted by Gasteiger charge is 2.17. The van der Waals surface area contributed by atoms with Crippen LogP contribution in [-0.2, 0) is 4.79 Å². The summed E-state index contributed by atoms with van der Waals surface area (Å²) in [6.45, 7) is 3.23. The second-order valence-corrected chi connectivity index (χ2v) is 4.50. The number of para-hydroxylation sites is 1. The van der Waals surface area contributed by atoms with Crippen LogP contribution < -0.4 is 10.1 Å². The van der Waals surface area contributed by atoms with Gasteiger partial charge in [-0.3, -0.25) is 4.79 Å². The number of ether oxygens (including phenoxy) is 1. The van der Waals surface area contributed by atoms with Gasteiger partial charge in [-0.2, -0.15) is 0 Å². The highest BCUT2D eigenvalue weighted by molar-refractivity contribution is 5.94. The second-order valence-electron chi connectivity index (χ2n) is 4.50. The molecule has 0 bridgehead atoms. The smallest absolute Gasteiger partial charge is 0.265 e. The number of halogens is 1. The van der Waals surface area contributed by atoms with Crippen LogP contribution >= 0.6 is 0 Å². The van der Waals surface area contributed by atoms with E-state index in [-0.39, 0.29) is 11.7 Å². The van der Waals surface area contributed by atoms with Crippen LogP contribution in [0.5, 0.6) is 5.75 Å². The highest BCUT2D eigenvalue weighted by Crippen LogP contribution is 2.21. The zero-order chi connectivity index (χ0) is 14.5. The Morgan fingerprint density at radius 2 is 1.85 bits per heavy atom. The van der Waals surface area contributed by atoms with Crippen LogP contribution in [0.25, 0.3) is 0 Å². The van der Waals surface area contributed by atoms with E-state index in [0.717, 1.165) is 0 Å². The second kappa shape index (κ2) is 6.19. The van der Waals surface area contributed by atoms with Crippen molar-refractivity contribution in [3.63, 3.8) is 0 Å². The van der Waals surface area contributed by atoms with Gasteiger partial charge >= 0.3 is 0 Å². The molecule has 0 aliphatic rings. The van der Waals surface area contributed by atoms with Crippen molar-refractivity contribution in [1.29, 1.82) is 0 Å². The molecule has 0 radical (unpaired) electrons. The number of carbonyl (C=O) groups is 1. The van der Waals surface area contributed by atoms with Crippen molar-refractivity contribution in [2.24, 2.45) is 0 Å². The third-order valence-electron chi connectivity index (χ3n) is 2.87. The van der Waals surface area contributed by atoms with E-state index in [1.165, 1.54) is 6.07 Å². The fourth-order valence-corrected chi connectivity index (χ4v) is 1.72. The van der Waals surface area contributed by atoms with E-state index in [0.29, 0.717) is 11.3 Å². The SMILES string of the molecule is Cc1cccc(OC(C)C(=O)Nc2ccccc2)c1F. The topological polar surface area (TPSA) is 38.3 Å². The first-order valence-electron chi connectivity index (χ1n) is 6.35. The van der Waals surface area contributed by atoms with Gasteiger partial charge in [-0.15, -0.1) is 0 Å². The third-order valence-corrected chi connectivity index (χ3v) is 2.87. The summed E-state index contributed by atoms with van der Waals surface area (Å²) in [5.74, 6) is -0.676.